The summed E-state index contributed by atoms with van der Waals surface area (Å²) in [7, 11) is 0. The van der Waals surface area contributed by atoms with E-state index in [0.717, 1.165) is 24.9 Å². The van der Waals surface area contributed by atoms with Gasteiger partial charge in [0.2, 0.25) is 0 Å². The monoisotopic (exact) mass is 297 g/mol. The highest BCUT2D eigenvalue weighted by molar-refractivity contribution is 5.69. The number of esters is 1. The molecule has 0 spiro atoms. The van der Waals surface area contributed by atoms with Crippen LogP contribution < -0.4 is 0 Å². The second-order valence-corrected chi connectivity index (χ2v) is 6.64. The van der Waals surface area contributed by atoms with E-state index in [1.165, 1.54) is 57.8 Å². The lowest BCUT2D eigenvalue weighted by Gasteiger charge is -2.10. The minimum Gasteiger partial charge on any atom is -0.455 e. The molecule has 0 aromatic rings. The molecule has 1 radical (unpaired) electrons. The summed E-state index contributed by atoms with van der Waals surface area (Å²) >= 11 is 0. The molecule has 2 nitrogen and oxygen atoms in total. The van der Waals surface area contributed by atoms with Crippen molar-refractivity contribution in [1.82, 2.24) is 0 Å². The smallest absolute Gasteiger partial charge is 0.306 e. The predicted molar refractivity (Wildman–Crippen MR) is 90.9 cm³/mol. The highest BCUT2D eigenvalue weighted by Gasteiger charge is 2.05. The maximum absolute atomic E-state index is 11.3. The van der Waals surface area contributed by atoms with E-state index in [-0.39, 0.29) is 5.97 Å². The van der Waals surface area contributed by atoms with E-state index in [4.69, 9.17) is 4.74 Å². The first-order valence-electron chi connectivity index (χ1n) is 9.07. The molecule has 0 aromatic carbocycles. The molecule has 0 aliphatic rings. The fraction of sp³-hybridized carbons (Fsp3) is 0.895. The van der Waals surface area contributed by atoms with E-state index in [0.29, 0.717) is 6.42 Å². The van der Waals surface area contributed by atoms with E-state index in [1.54, 1.807) is 0 Å². The van der Waals surface area contributed by atoms with Gasteiger partial charge in [-0.1, -0.05) is 78.1 Å². The number of hydrogen-bond acceptors (Lipinski definition) is 2. The Labute approximate surface area is 133 Å². The van der Waals surface area contributed by atoms with Crippen LogP contribution in [0.5, 0.6) is 0 Å². The van der Waals surface area contributed by atoms with Gasteiger partial charge in [0.1, 0.15) is 6.10 Å². The van der Waals surface area contributed by atoms with Crippen LogP contribution in [0.25, 0.3) is 0 Å². The van der Waals surface area contributed by atoms with Crippen LogP contribution in [0, 0.1) is 12.0 Å². The zero-order valence-electron chi connectivity index (χ0n) is 14.9. The molecule has 21 heavy (non-hydrogen) atoms. The predicted octanol–water partition coefficient (Wildman–Crippen LogP) is 6.44. The highest BCUT2D eigenvalue weighted by atomic mass is 16.5. The Morgan fingerprint density at radius 2 is 1.38 bits per heavy atom. The van der Waals surface area contributed by atoms with Crippen LogP contribution >= 0.6 is 0 Å². The molecule has 0 saturated heterocycles. The van der Waals surface area contributed by atoms with Gasteiger partial charge in [0, 0.05) is 6.42 Å². The molecule has 0 fully saturated rings. The standard InChI is InChI=1S/C19H37O2/c1-5-6-14-18(4)15-12-10-8-7-9-11-13-16-19(20)21-17(2)3/h18H,5-16H2,1-4H3. The zero-order chi connectivity index (χ0) is 15.9. The Morgan fingerprint density at radius 1 is 0.857 bits per heavy atom. The molecule has 0 aliphatic heterocycles. The molecule has 2 heteroatoms. The second-order valence-electron chi connectivity index (χ2n) is 6.64. The van der Waals surface area contributed by atoms with E-state index in [1.807, 2.05) is 13.8 Å². The number of carbonyl (C=O) groups excluding carboxylic acids is 1. The van der Waals surface area contributed by atoms with Gasteiger partial charge in [0.05, 0.1) is 0 Å². The Hall–Kier alpha value is -0.530. The molecule has 0 aromatic heterocycles. The highest BCUT2D eigenvalue weighted by Crippen LogP contribution is 2.17. The molecule has 0 rings (SSSR count). The Morgan fingerprint density at radius 3 is 1.95 bits per heavy atom. The first-order chi connectivity index (χ1) is 10.1. The maximum Gasteiger partial charge on any atom is 0.306 e. The number of hydrogen-bond donors (Lipinski definition) is 0. The zero-order valence-corrected chi connectivity index (χ0v) is 14.9. The molecular weight excluding hydrogens is 260 g/mol. The van der Waals surface area contributed by atoms with Gasteiger partial charge >= 0.3 is 5.97 Å². The van der Waals surface area contributed by atoms with Crippen LogP contribution in [0.3, 0.4) is 0 Å². The van der Waals surface area contributed by atoms with Crippen LogP contribution in [-0.2, 0) is 9.53 Å². The van der Waals surface area contributed by atoms with Crippen molar-refractivity contribution in [3.8, 4) is 0 Å². The van der Waals surface area contributed by atoms with E-state index in [9.17, 15) is 4.79 Å². The van der Waals surface area contributed by atoms with Crippen molar-refractivity contribution in [3.63, 3.8) is 0 Å². The van der Waals surface area contributed by atoms with Crippen LogP contribution in [0.1, 0.15) is 105 Å². The van der Waals surface area contributed by atoms with Crippen LogP contribution in [0.15, 0.2) is 0 Å². The molecule has 0 heterocycles. The summed E-state index contributed by atoms with van der Waals surface area (Å²) in [6.45, 7) is 8.31. The first kappa shape index (κ1) is 20.5. The third-order valence-corrected chi connectivity index (χ3v) is 3.95. The summed E-state index contributed by atoms with van der Waals surface area (Å²) < 4.78 is 5.04. The van der Waals surface area contributed by atoms with Crippen molar-refractivity contribution >= 4 is 5.97 Å². The fourth-order valence-electron chi connectivity index (χ4n) is 2.62. The number of unbranched alkanes of at least 4 members (excludes halogenated alkanes) is 7. The van der Waals surface area contributed by atoms with E-state index in [2.05, 4.69) is 13.8 Å². The van der Waals surface area contributed by atoms with E-state index >= 15 is 0 Å². The molecule has 1 unspecified atom stereocenters. The van der Waals surface area contributed by atoms with Crippen molar-refractivity contribution in [2.45, 2.75) is 105 Å². The maximum atomic E-state index is 11.3. The number of ether oxygens (including phenoxy) is 1. The first-order valence-corrected chi connectivity index (χ1v) is 9.07. The summed E-state index contributed by atoms with van der Waals surface area (Å²) in [5.41, 5.74) is 0. The third-order valence-electron chi connectivity index (χ3n) is 3.95. The van der Waals surface area contributed by atoms with Gasteiger partial charge in [-0.05, 0) is 26.2 Å². The van der Waals surface area contributed by atoms with Gasteiger partial charge in [-0.25, -0.2) is 0 Å². The molecule has 1 atom stereocenters. The quantitative estimate of drug-likeness (QED) is 0.272. The van der Waals surface area contributed by atoms with Gasteiger partial charge in [-0.15, -0.1) is 0 Å². The average molecular weight is 298 g/mol. The summed E-state index contributed by atoms with van der Waals surface area (Å²) in [5.74, 6) is 0.839. The molecular formula is C19H37O2. The van der Waals surface area contributed by atoms with Crippen LogP contribution in [-0.4, -0.2) is 5.97 Å². The van der Waals surface area contributed by atoms with Gasteiger partial charge < -0.3 is 4.74 Å². The second kappa shape index (κ2) is 14.4. The topological polar surface area (TPSA) is 26.3 Å². The summed E-state index contributed by atoms with van der Waals surface area (Å²) in [5, 5.41) is 0. The molecule has 0 aliphatic carbocycles. The number of rotatable bonds is 14. The third kappa shape index (κ3) is 15.7. The van der Waals surface area contributed by atoms with Gasteiger partial charge in [0.25, 0.3) is 0 Å². The minimum atomic E-state index is -0.0731. The van der Waals surface area contributed by atoms with E-state index < -0.39 is 0 Å². The lowest BCUT2D eigenvalue weighted by Crippen LogP contribution is -2.05. The number of carbonyl (C=O) groups is 1. The molecule has 0 amide bonds. The molecule has 125 valence electrons. The van der Waals surface area contributed by atoms with Crippen molar-refractivity contribution in [1.29, 1.82) is 0 Å². The van der Waals surface area contributed by atoms with Crippen LogP contribution in [0.4, 0.5) is 0 Å². The van der Waals surface area contributed by atoms with Crippen molar-refractivity contribution in [2.75, 3.05) is 0 Å². The Balaban J connectivity index is 3.20. The van der Waals surface area contributed by atoms with Gasteiger partial charge in [0.15, 0.2) is 0 Å². The van der Waals surface area contributed by atoms with Crippen molar-refractivity contribution in [3.05, 3.63) is 6.10 Å². The minimum absolute atomic E-state index is 0.0731. The molecule has 0 N–H and O–H groups in total. The average Bonchev–Trinajstić information content (AvgIpc) is 2.42. The Bertz CT molecular complexity index is 236. The van der Waals surface area contributed by atoms with Crippen molar-refractivity contribution in [2.24, 2.45) is 5.92 Å². The summed E-state index contributed by atoms with van der Waals surface area (Å²) in [6, 6.07) is 0. The largest absolute Gasteiger partial charge is 0.455 e. The summed E-state index contributed by atoms with van der Waals surface area (Å²) in [4.78, 5) is 11.3. The van der Waals surface area contributed by atoms with Crippen LogP contribution in [0.2, 0.25) is 0 Å². The fourth-order valence-corrected chi connectivity index (χ4v) is 2.62. The normalized spacial score (nSPS) is 12.6. The lowest BCUT2D eigenvalue weighted by atomic mass is 9.97. The molecule has 0 saturated carbocycles. The lowest BCUT2D eigenvalue weighted by molar-refractivity contribution is -0.142. The summed E-state index contributed by atoms with van der Waals surface area (Å²) in [6.07, 6.45) is 15.7. The molecule has 0 bridgehead atoms. The Kier molecular flexibility index (Phi) is 14.0. The van der Waals surface area contributed by atoms with Gasteiger partial charge in [-0.2, -0.15) is 0 Å². The van der Waals surface area contributed by atoms with Crippen molar-refractivity contribution < 1.29 is 9.53 Å². The van der Waals surface area contributed by atoms with Gasteiger partial charge in [-0.3, -0.25) is 4.79 Å². The SMILES string of the molecule is CCCCC(C)CCCCCCCCCC(=O)O[C](C)C.